The second-order valence-electron chi connectivity index (χ2n) is 6.82. The normalized spacial score (nSPS) is 11.1. The largest absolute Gasteiger partial charge is 0.385 e. The second kappa shape index (κ2) is 8.31. The van der Waals surface area contributed by atoms with E-state index >= 15 is 0 Å². The number of carbonyl (C=O) groups is 1. The number of rotatable bonds is 7. The molecule has 0 aliphatic heterocycles. The number of aryl methyl sites for hydroxylation is 3. The standard InChI is InChI=1S/C21H26N4O2/c1-14-7-5-8-17(11-14)12-18-15(2)24-20-19(13-23-25(20)16(18)3)21(26)22-9-6-10-27-4/h5,7-8,11,13H,6,9-10,12H2,1-4H3,(H,22,26). The van der Waals surface area contributed by atoms with Crippen molar-refractivity contribution in [3.05, 3.63) is 64.1 Å². The Morgan fingerprint density at radius 1 is 1.26 bits per heavy atom. The zero-order valence-corrected chi connectivity index (χ0v) is 16.4. The van der Waals surface area contributed by atoms with Gasteiger partial charge in [-0.1, -0.05) is 29.8 Å². The first-order chi connectivity index (χ1) is 13.0. The smallest absolute Gasteiger partial charge is 0.256 e. The van der Waals surface area contributed by atoms with Gasteiger partial charge in [0.05, 0.1) is 6.20 Å². The van der Waals surface area contributed by atoms with Crippen molar-refractivity contribution >= 4 is 11.6 Å². The van der Waals surface area contributed by atoms with E-state index in [1.165, 1.54) is 11.1 Å². The Morgan fingerprint density at radius 3 is 2.81 bits per heavy atom. The molecule has 0 aliphatic carbocycles. The van der Waals surface area contributed by atoms with Crippen molar-refractivity contribution in [3.8, 4) is 0 Å². The molecule has 3 rings (SSSR count). The molecule has 0 bridgehead atoms. The fraction of sp³-hybridized carbons (Fsp3) is 0.381. The van der Waals surface area contributed by atoms with Crippen LogP contribution in [0, 0.1) is 20.8 Å². The number of benzene rings is 1. The molecular weight excluding hydrogens is 340 g/mol. The maximum Gasteiger partial charge on any atom is 0.256 e. The summed E-state index contributed by atoms with van der Waals surface area (Å²) in [5, 5.41) is 7.31. The number of aromatic nitrogens is 3. The molecule has 0 spiro atoms. The molecule has 0 fully saturated rings. The van der Waals surface area contributed by atoms with Crippen LogP contribution in [0.2, 0.25) is 0 Å². The minimum absolute atomic E-state index is 0.154. The lowest BCUT2D eigenvalue weighted by Gasteiger charge is -2.12. The van der Waals surface area contributed by atoms with Crippen LogP contribution in [-0.4, -0.2) is 40.8 Å². The molecule has 3 aromatic rings. The maximum absolute atomic E-state index is 12.5. The molecule has 0 aliphatic rings. The van der Waals surface area contributed by atoms with Crippen molar-refractivity contribution in [3.63, 3.8) is 0 Å². The Labute approximate surface area is 159 Å². The van der Waals surface area contributed by atoms with E-state index in [-0.39, 0.29) is 5.91 Å². The van der Waals surface area contributed by atoms with Gasteiger partial charge >= 0.3 is 0 Å². The predicted molar refractivity (Wildman–Crippen MR) is 105 cm³/mol. The molecule has 27 heavy (non-hydrogen) atoms. The first-order valence-corrected chi connectivity index (χ1v) is 9.17. The zero-order valence-electron chi connectivity index (χ0n) is 16.4. The lowest BCUT2D eigenvalue weighted by molar-refractivity contribution is 0.0950. The molecule has 0 radical (unpaired) electrons. The van der Waals surface area contributed by atoms with E-state index in [2.05, 4.69) is 41.6 Å². The molecule has 0 saturated heterocycles. The summed E-state index contributed by atoms with van der Waals surface area (Å²) >= 11 is 0. The molecule has 6 nitrogen and oxygen atoms in total. The first kappa shape index (κ1) is 19.0. The summed E-state index contributed by atoms with van der Waals surface area (Å²) < 4.78 is 6.77. The van der Waals surface area contributed by atoms with Crippen LogP contribution in [0.5, 0.6) is 0 Å². The fourth-order valence-electron chi connectivity index (χ4n) is 3.27. The summed E-state index contributed by atoms with van der Waals surface area (Å²) in [6.45, 7) is 7.29. The van der Waals surface area contributed by atoms with Gasteiger partial charge in [0.1, 0.15) is 5.56 Å². The van der Waals surface area contributed by atoms with E-state index in [1.807, 2.05) is 13.8 Å². The van der Waals surface area contributed by atoms with Crippen LogP contribution in [0.4, 0.5) is 0 Å². The van der Waals surface area contributed by atoms with Gasteiger partial charge in [0, 0.05) is 38.1 Å². The molecule has 142 valence electrons. The van der Waals surface area contributed by atoms with Crippen LogP contribution in [0.3, 0.4) is 0 Å². The highest BCUT2D eigenvalue weighted by molar-refractivity contribution is 5.99. The maximum atomic E-state index is 12.5. The number of ether oxygens (including phenoxy) is 1. The molecule has 0 unspecified atom stereocenters. The second-order valence-corrected chi connectivity index (χ2v) is 6.82. The van der Waals surface area contributed by atoms with E-state index in [0.717, 1.165) is 29.8 Å². The summed E-state index contributed by atoms with van der Waals surface area (Å²) in [5.74, 6) is -0.154. The van der Waals surface area contributed by atoms with Crippen LogP contribution in [0.1, 0.15) is 44.9 Å². The number of nitrogens with one attached hydrogen (secondary N) is 1. The molecular formula is C21H26N4O2. The van der Waals surface area contributed by atoms with Gasteiger partial charge in [-0.2, -0.15) is 5.10 Å². The number of amides is 1. The number of hydrogen-bond donors (Lipinski definition) is 1. The third kappa shape index (κ3) is 4.17. The van der Waals surface area contributed by atoms with E-state index in [9.17, 15) is 4.79 Å². The highest BCUT2D eigenvalue weighted by Crippen LogP contribution is 2.20. The Hall–Kier alpha value is -2.73. The van der Waals surface area contributed by atoms with Gasteiger partial charge in [-0.3, -0.25) is 4.79 Å². The number of nitrogens with zero attached hydrogens (tertiary/aromatic N) is 3. The van der Waals surface area contributed by atoms with Crippen LogP contribution >= 0.6 is 0 Å². The predicted octanol–water partition coefficient (Wildman–Crippen LogP) is 3.01. The molecule has 6 heteroatoms. The van der Waals surface area contributed by atoms with Crippen molar-refractivity contribution < 1.29 is 9.53 Å². The minimum atomic E-state index is -0.154. The molecule has 1 N–H and O–H groups in total. The quantitative estimate of drug-likeness (QED) is 0.653. The van der Waals surface area contributed by atoms with E-state index < -0.39 is 0 Å². The Morgan fingerprint density at radius 2 is 2.07 bits per heavy atom. The van der Waals surface area contributed by atoms with Gasteiger partial charge in [-0.25, -0.2) is 9.50 Å². The lowest BCUT2D eigenvalue weighted by atomic mass is 10.0. The van der Waals surface area contributed by atoms with E-state index in [0.29, 0.717) is 24.4 Å². The van der Waals surface area contributed by atoms with Gasteiger partial charge in [-0.15, -0.1) is 0 Å². The van der Waals surface area contributed by atoms with Gasteiger partial charge in [0.25, 0.3) is 5.91 Å². The summed E-state index contributed by atoms with van der Waals surface area (Å²) in [5.41, 5.74) is 6.66. The van der Waals surface area contributed by atoms with Crippen molar-refractivity contribution in [2.75, 3.05) is 20.3 Å². The molecule has 2 heterocycles. The number of fused-ring (bicyclic) bond motifs is 1. The van der Waals surface area contributed by atoms with Crippen molar-refractivity contribution in [1.29, 1.82) is 0 Å². The highest BCUT2D eigenvalue weighted by Gasteiger charge is 2.18. The highest BCUT2D eigenvalue weighted by atomic mass is 16.5. The molecule has 0 atom stereocenters. The summed E-state index contributed by atoms with van der Waals surface area (Å²) in [6, 6.07) is 8.47. The average Bonchev–Trinajstić information content (AvgIpc) is 3.06. The van der Waals surface area contributed by atoms with Gasteiger partial charge in [0.2, 0.25) is 0 Å². The van der Waals surface area contributed by atoms with Crippen molar-refractivity contribution in [2.45, 2.75) is 33.6 Å². The fourth-order valence-corrected chi connectivity index (χ4v) is 3.27. The SMILES string of the molecule is COCCCNC(=O)c1cnn2c(C)c(Cc3cccc(C)c3)c(C)nc12. The topological polar surface area (TPSA) is 68.5 Å². The third-order valence-electron chi connectivity index (χ3n) is 4.73. The number of hydrogen-bond acceptors (Lipinski definition) is 4. The van der Waals surface area contributed by atoms with Crippen molar-refractivity contribution in [2.24, 2.45) is 0 Å². The summed E-state index contributed by atoms with van der Waals surface area (Å²) in [4.78, 5) is 17.2. The zero-order chi connectivity index (χ0) is 19.4. The summed E-state index contributed by atoms with van der Waals surface area (Å²) in [6.07, 6.45) is 3.16. The Kier molecular flexibility index (Phi) is 5.86. The van der Waals surface area contributed by atoms with Gasteiger partial charge in [0.15, 0.2) is 5.65 Å². The lowest BCUT2D eigenvalue weighted by Crippen LogP contribution is -2.25. The van der Waals surface area contributed by atoms with Crippen LogP contribution < -0.4 is 5.32 Å². The van der Waals surface area contributed by atoms with Gasteiger partial charge in [-0.05, 0) is 38.3 Å². The molecule has 0 saturated carbocycles. The Balaban J connectivity index is 1.88. The van der Waals surface area contributed by atoms with Gasteiger partial charge < -0.3 is 10.1 Å². The number of carbonyl (C=O) groups excluding carboxylic acids is 1. The monoisotopic (exact) mass is 366 g/mol. The van der Waals surface area contributed by atoms with E-state index in [1.54, 1.807) is 17.8 Å². The van der Waals surface area contributed by atoms with Crippen LogP contribution in [-0.2, 0) is 11.2 Å². The average molecular weight is 366 g/mol. The van der Waals surface area contributed by atoms with Crippen molar-refractivity contribution in [1.82, 2.24) is 19.9 Å². The third-order valence-corrected chi connectivity index (χ3v) is 4.73. The molecule has 2 aromatic heterocycles. The van der Waals surface area contributed by atoms with Crippen LogP contribution in [0.15, 0.2) is 30.5 Å². The first-order valence-electron chi connectivity index (χ1n) is 9.17. The number of methoxy groups -OCH3 is 1. The minimum Gasteiger partial charge on any atom is -0.385 e. The van der Waals surface area contributed by atoms with Crippen LogP contribution in [0.25, 0.3) is 5.65 Å². The Bertz CT molecular complexity index is 962. The summed E-state index contributed by atoms with van der Waals surface area (Å²) in [7, 11) is 1.65. The van der Waals surface area contributed by atoms with E-state index in [4.69, 9.17) is 9.72 Å². The molecule has 1 aromatic carbocycles. The molecule has 1 amide bonds.